The van der Waals surface area contributed by atoms with E-state index in [0.717, 1.165) is 15.5 Å². The second-order valence-electron chi connectivity index (χ2n) is 6.12. The Kier molecular flexibility index (Phi) is 3.90. The molecule has 0 aromatic heterocycles. The van der Waals surface area contributed by atoms with Gasteiger partial charge < -0.3 is 4.74 Å². The summed E-state index contributed by atoms with van der Waals surface area (Å²) in [5, 5.41) is 4.89. The van der Waals surface area contributed by atoms with Crippen LogP contribution in [0, 0.1) is 6.92 Å². The SMILES string of the molecule is COC(=O)C1=NN(C(C)=O)[C@@]2(CC(=O)N(c3ccc(C)cc3)C2=O)C1. The van der Waals surface area contributed by atoms with Crippen molar-refractivity contribution in [3.8, 4) is 0 Å². The minimum Gasteiger partial charge on any atom is -0.464 e. The lowest BCUT2D eigenvalue weighted by atomic mass is 9.91. The quantitative estimate of drug-likeness (QED) is 0.584. The lowest BCUT2D eigenvalue weighted by Crippen LogP contribution is -2.51. The third-order valence-electron chi connectivity index (χ3n) is 4.39. The number of anilines is 1. The molecular weight excluding hydrogens is 326 g/mol. The highest BCUT2D eigenvalue weighted by molar-refractivity contribution is 6.39. The molecule has 1 saturated heterocycles. The minimum absolute atomic E-state index is 0.0513. The number of benzene rings is 1. The summed E-state index contributed by atoms with van der Waals surface area (Å²) in [4.78, 5) is 50.5. The zero-order valence-corrected chi connectivity index (χ0v) is 14.1. The molecule has 1 fully saturated rings. The maximum absolute atomic E-state index is 13.1. The van der Waals surface area contributed by atoms with Gasteiger partial charge in [-0.3, -0.25) is 14.4 Å². The number of hydrogen-bond acceptors (Lipinski definition) is 6. The number of amides is 3. The molecular formula is C17H17N3O5. The first-order chi connectivity index (χ1) is 11.8. The first-order valence-electron chi connectivity index (χ1n) is 7.71. The predicted molar refractivity (Wildman–Crippen MR) is 87.6 cm³/mol. The molecule has 2 heterocycles. The largest absolute Gasteiger partial charge is 0.464 e. The lowest BCUT2D eigenvalue weighted by molar-refractivity contribution is -0.141. The van der Waals surface area contributed by atoms with Crippen LogP contribution in [0.2, 0.25) is 0 Å². The highest BCUT2D eigenvalue weighted by Gasteiger charge is 2.61. The summed E-state index contributed by atoms with van der Waals surface area (Å²) in [5.41, 5.74) is -0.144. The van der Waals surface area contributed by atoms with Crippen LogP contribution in [-0.4, -0.2) is 47.1 Å². The second-order valence-corrected chi connectivity index (χ2v) is 6.12. The van der Waals surface area contributed by atoms with Crippen molar-refractivity contribution in [2.24, 2.45) is 5.10 Å². The van der Waals surface area contributed by atoms with Gasteiger partial charge in [0, 0.05) is 13.3 Å². The zero-order chi connectivity index (χ0) is 18.4. The number of aryl methyl sites for hydroxylation is 1. The molecule has 0 unspecified atom stereocenters. The molecule has 25 heavy (non-hydrogen) atoms. The minimum atomic E-state index is -1.50. The molecule has 0 aliphatic carbocycles. The number of hydrogen-bond donors (Lipinski definition) is 0. The van der Waals surface area contributed by atoms with Crippen LogP contribution in [0.4, 0.5) is 5.69 Å². The van der Waals surface area contributed by atoms with Gasteiger partial charge in [0.2, 0.25) is 11.8 Å². The molecule has 2 aliphatic rings. The van der Waals surface area contributed by atoms with E-state index in [1.807, 2.05) is 6.92 Å². The number of ether oxygens (including phenoxy) is 1. The molecule has 3 rings (SSSR count). The monoisotopic (exact) mass is 343 g/mol. The van der Waals surface area contributed by atoms with Crippen LogP contribution < -0.4 is 4.90 Å². The Labute approximate surface area is 144 Å². The fourth-order valence-corrected chi connectivity index (χ4v) is 3.19. The van der Waals surface area contributed by atoms with Gasteiger partial charge in [0.1, 0.15) is 5.71 Å². The maximum atomic E-state index is 13.1. The summed E-state index contributed by atoms with van der Waals surface area (Å²) in [7, 11) is 1.19. The summed E-state index contributed by atoms with van der Waals surface area (Å²) in [5.74, 6) is -2.26. The molecule has 0 bridgehead atoms. The Bertz CT molecular complexity index is 814. The predicted octanol–water partition coefficient (Wildman–Crippen LogP) is 0.778. The van der Waals surface area contributed by atoms with Crippen molar-refractivity contribution >= 4 is 35.1 Å². The third kappa shape index (κ3) is 2.50. The van der Waals surface area contributed by atoms with E-state index >= 15 is 0 Å². The van der Waals surface area contributed by atoms with Crippen LogP contribution in [0.25, 0.3) is 0 Å². The molecule has 0 saturated carbocycles. The van der Waals surface area contributed by atoms with Crippen molar-refractivity contribution in [2.75, 3.05) is 12.0 Å². The van der Waals surface area contributed by atoms with Gasteiger partial charge in [0.25, 0.3) is 5.91 Å². The molecule has 1 aromatic carbocycles. The van der Waals surface area contributed by atoms with Gasteiger partial charge in [-0.25, -0.2) is 14.7 Å². The molecule has 8 nitrogen and oxygen atoms in total. The lowest BCUT2D eigenvalue weighted by Gasteiger charge is -2.28. The molecule has 0 N–H and O–H groups in total. The zero-order valence-electron chi connectivity index (χ0n) is 14.1. The molecule has 3 amide bonds. The van der Waals surface area contributed by atoms with Gasteiger partial charge in [0.15, 0.2) is 5.54 Å². The summed E-state index contributed by atoms with van der Waals surface area (Å²) >= 11 is 0. The number of rotatable bonds is 2. The number of imide groups is 1. The Hall–Kier alpha value is -3.03. The molecule has 8 heteroatoms. The van der Waals surface area contributed by atoms with Crippen molar-refractivity contribution in [3.63, 3.8) is 0 Å². The van der Waals surface area contributed by atoms with E-state index in [2.05, 4.69) is 9.84 Å². The number of carbonyl (C=O) groups is 4. The summed E-state index contributed by atoms with van der Waals surface area (Å²) < 4.78 is 4.63. The van der Waals surface area contributed by atoms with E-state index in [-0.39, 0.29) is 18.6 Å². The van der Waals surface area contributed by atoms with Crippen LogP contribution in [0.15, 0.2) is 29.4 Å². The normalized spacial score (nSPS) is 22.6. The van der Waals surface area contributed by atoms with Gasteiger partial charge in [-0.05, 0) is 19.1 Å². The molecule has 0 radical (unpaired) electrons. The first-order valence-corrected chi connectivity index (χ1v) is 7.71. The van der Waals surface area contributed by atoms with Gasteiger partial charge in [-0.1, -0.05) is 17.7 Å². The van der Waals surface area contributed by atoms with E-state index in [1.54, 1.807) is 24.3 Å². The molecule has 1 atom stereocenters. The molecule has 2 aliphatic heterocycles. The van der Waals surface area contributed by atoms with Gasteiger partial charge in [-0.15, -0.1) is 0 Å². The van der Waals surface area contributed by atoms with Crippen molar-refractivity contribution in [1.82, 2.24) is 5.01 Å². The summed E-state index contributed by atoms with van der Waals surface area (Å²) in [6, 6.07) is 6.90. The van der Waals surface area contributed by atoms with Gasteiger partial charge in [-0.2, -0.15) is 5.10 Å². The number of nitrogens with zero attached hydrogens (tertiary/aromatic N) is 3. The number of carbonyl (C=O) groups excluding carboxylic acids is 4. The topological polar surface area (TPSA) is 96.3 Å². The summed E-state index contributed by atoms with van der Waals surface area (Å²) in [6.07, 6.45) is -0.379. The smallest absolute Gasteiger partial charge is 0.354 e. The fourth-order valence-electron chi connectivity index (χ4n) is 3.19. The number of esters is 1. The maximum Gasteiger partial charge on any atom is 0.354 e. The van der Waals surface area contributed by atoms with Crippen LogP contribution in [0.3, 0.4) is 0 Å². The second kappa shape index (κ2) is 5.80. The number of methoxy groups -OCH3 is 1. The Morgan fingerprint density at radius 2 is 1.80 bits per heavy atom. The van der Waals surface area contributed by atoms with E-state index in [0.29, 0.717) is 5.69 Å². The molecule has 1 spiro atoms. The van der Waals surface area contributed by atoms with E-state index < -0.39 is 29.2 Å². The highest BCUT2D eigenvalue weighted by Crippen LogP contribution is 2.40. The average molecular weight is 343 g/mol. The van der Waals surface area contributed by atoms with E-state index in [9.17, 15) is 19.2 Å². The Morgan fingerprint density at radius 3 is 2.36 bits per heavy atom. The Balaban J connectivity index is 2.01. The van der Waals surface area contributed by atoms with E-state index in [4.69, 9.17) is 0 Å². The fraction of sp³-hybridized carbons (Fsp3) is 0.353. The molecule has 1 aromatic rings. The standard InChI is InChI=1S/C17H17N3O5/c1-10-4-6-12(7-5-10)19-14(22)9-17(16(19)24)8-13(15(23)25-3)18-20(17)11(2)21/h4-7H,8-9H2,1-3H3/t17-/m1/s1. The summed E-state index contributed by atoms with van der Waals surface area (Å²) in [6.45, 7) is 3.13. The van der Waals surface area contributed by atoms with Crippen molar-refractivity contribution in [1.29, 1.82) is 0 Å². The van der Waals surface area contributed by atoms with E-state index in [1.165, 1.54) is 14.0 Å². The van der Waals surface area contributed by atoms with Crippen LogP contribution in [-0.2, 0) is 23.9 Å². The average Bonchev–Trinajstić information content (AvgIpc) is 3.07. The van der Waals surface area contributed by atoms with Gasteiger partial charge in [0.05, 0.1) is 19.2 Å². The van der Waals surface area contributed by atoms with Crippen LogP contribution in [0.5, 0.6) is 0 Å². The highest BCUT2D eigenvalue weighted by atomic mass is 16.5. The van der Waals surface area contributed by atoms with Crippen LogP contribution >= 0.6 is 0 Å². The van der Waals surface area contributed by atoms with Crippen molar-refractivity contribution in [2.45, 2.75) is 32.2 Å². The first kappa shape index (κ1) is 16.8. The van der Waals surface area contributed by atoms with Crippen LogP contribution in [0.1, 0.15) is 25.3 Å². The third-order valence-corrected chi connectivity index (χ3v) is 4.39. The Morgan fingerprint density at radius 1 is 1.16 bits per heavy atom. The van der Waals surface area contributed by atoms with Crippen molar-refractivity contribution in [3.05, 3.63) is 29.8 Å². The number of hydrazone groups is 1. The van der Waals surface area contributed by atoms with Gasteiger partial charge >= 0.3 is 5.97 Å². The molecule has 130 valence electrons. The van der Waals surface area contributed by atoms with Crippen molar-refractivity contribution < 1.29 is 23.9 Å².